The first-order valence-electron chi connectivity index (χ1n) is 11.4. The minimum absolute atomic E-state index is 0.161. The molecule has 1 spiro atoms. The van der Waals surface area contributed by atoms with Crippen molar-refractivity contribution in [1.82, 2.24) is 10.2 Å². The Kier molecular flexibility index (Phi) is 6.89. The first kappa shape index (κ1) is 22.5. The van der Waals surface area contributed by atoms with Gasteiger partial charge in [-0.05, 0) is 74.0 Å². The van der Waals surface area contributed by atoms with Gasteiger partial charge in [0.1, 0.15) is 17.2 Å². The number of methoxy groups -OCH3 is 3. The predicted octanol–water partition coefficient (Wildman–Crippen LogP) is 3.67. The van der Waals surface area contributed by atoms with Crippen LogP contribution in [0.3, 0.4) is 0 Å². The van der Waals surface area contributed by atoms with Crippen LogP contribution in [0.4, 0.5) is 0 Å². The average molecular weight is 439 g/mol. The molecule has 0 radical (unpaired) electrons. The van der Waals surface area contributed by atoms with Gasteiger partial charge in [0.15, 0.2) is 0 Å². The molecular formula is C26H34N2O4. The molecule has 4 rings (SSSR count). The fourth-order valence-electron chi connectivity index (χ4n) is 5.03. The van der Waals surface area contributed by atoms with E-state index < -0.39 is 0 Å². The highest BCUT2D eigenvalue weighted by Crippen LogP contribution is 2.59. The molecule has 172 valence electrons. The number of nitrogens with one attached hydrogen (secondary N) is 1. The molecule has 1 saturated carbocycles. The predicted molar refractivity (Wildman–Crippen MR) is 124 cm³/mol. The molecule has 2 aromatic carbocycles. The number of ether oxygens (including phenoxy) is 3. The van der Waals surface area contributed by atoms with Crippen molar-refractivity contribution in [1.29, 1.82) is 0 Å². The van der Waals surface area contributed by atoms with Gasteiger partial charge in [-0.3, -0.25) is 9.69 Å². The number of piperidine rings is 1. The quantitative estimate of drug-likeness (QED) is 0.647. The fraction of sp³-hybridized carbons (Fsp3) is 0.500. The van der Waals surface area contributed by atoms with Gasteiger partial charge in [0.25, 0.3) is 0 Å². The van der Waals surface area contributed by atoms with Gasteiger partial charge in [-0.2, -0.15) is 0 Å². The van der Waals surface area contributed by atoms with Crippen molar-refractivity contribution >= 4 is 5.91 Å². The van der Waals surface area contributed by atoms with Crippen LogP contribution in [0.25, 0.3) is 0 Å². The number of likely N-dealkylation sites (tertiary alicyclic amines) is 1. The number of carbonyl (C=O) groups excluding carboxylic acids is 1. The van der Waals surface area contributed by atoms with Crippen molar-refractivity contribution in [3.05, 3.63) is 53.6 Å². The van der Waals surface area contributed by atoms with E-state index >= 15 is 0 Å². The highest BCUT2D eigenvalue weighted by molar-refractivity contribution is 5.82. The first-order valence-corrected chi connectivity index (χ1v) is 11.4. The van der Waals surface area contributed by atoms with Crippen molar-refractivity contribution in [3.8, 4) is 17.2 Å². The second-order valence-electron chi connectivity index (χ2n) is 8.93. The van der Waals surface area contributed by atoms with Gasteiger partial charge in [0, 0.05) is 24.6 Å². The van der Waals surface area contributed by atoms with Gasteiger partial charge in [-0.25, -0.2) is 0 Å². The van der Waals surface area contributed by atoms with Crippen LogP contribution in [0.5, 0.6) is 17.2 Å². The third kappa shape index (κ3) is 4.85. The van der Waals surface area contributed by atoms with Gasteiger partial charge in [-0.15, -0.1) is 0 Å². The minimum Gasteiger partial charge on any atom is -0.497 e. The van der Waals surface area contributed by atoms with Crippen molar-refractivity contribution in [2.75, 3.05) is 41.0 Å². The summed E-state index contributed by atoms with van der Waals surface area (Å²) < 4.78 is 16.3. The van der Waals surface area contributed by atoms with Crippen LogP contribution in [-0.4, -0.2) is 51.8 Å². The normalized spacial score (nSPS) is 19.4. The zero-order valence-electron chi connectivity index (χ0n) is 19.4. The summed E-state index contributed by atoms with van der Waals surface area (Å²) in [6.07, 6.45) is 3.95. The van der Waals surface area contributed by atoms with Gasteiger partial charge in [0.2, 0.25) is 5.91 Å². The number of benzene rings is 2. The van der Waals surface area contributed by atoms with Crippen molar-refractivity contribution in [2.45, 2.75) is 32.2 Å². The molecule has 1 amide bonds. The molecule has 0 bridgehead atoms. The van der Waals surface area contributed by atoms with E-state index in [1.54, 1.807) is 21.3 Å². The Morgan fingerprint density at radius 2 is 1.72 bits per heavy atom. The molecule has 1 unspecified atom stereocenters. The number of para-hydroxylation sites is 1. The number of carbonyl (C=O) groups is 1. The topological polar surface area (TPSA) is 60.0 Å². The summed E-state index contributed by atoms with van der Waals surface area (Å²) in [6.45, 7) is 3.50. The maximum Gasteiger partial charge on any atom is 0.223 e. The smallest absolute Gasteiger partial charge is 0.223 e. The van der Waals surface area contributed by atoms with Gasteiger partial charge >= 0.3 is 0 Å². The summed E-state index contributed by atoms with van der Waals surface area (Å²) in [7, 11) is 5.07. The Bertz CT molecular complexity index is 937. The van der Waals surface area contributed by atoms with Crippen LogP contribution in [-0.2, 0) is 17.8 Å². The summed E-state index contributed by atoms with van der Waals surface area (Å²) in [5, 5.41) is 3.16. The molecule has 2 aliphatic rings. The number of hydrogen-bond acceptors (Lipinski definition) is 5. The van der Waals surface area contributed by atoms with Gasteiger partial charge < -0.3 is 19.5 Å². The second-order valence-corrected chi connectivity index (χ2v) is 8.93. The molecule has 1 N–H and O–H groups in total. The zero-order valence-corrected chi connectivity index (χ0v) is 19.4. The highest BCUT2D eigenvalue weighted by Gasteiger charge is 2.58. The van der Waals surface area contributed by atoms with Crippen LogP contribution < -0.4 is 19.5 Å². The number of nitrogens with zero attached hydrogens (tertiary/aromatic N) is 1. The number of rotatable bonds is 9. The first-order chi connectivity index (χ1) is 15.6. The molecular weight excluding hydrogens is 404 g/mol. The Morgan fingerprint density at radius 3 is 2.44 bits per heavy atom. The van der Waals surface area contributed by atoms with Crippen LogP contribution in [0.2, 0.25) is 0 Å². The molecule has 32 heavy (non-hydrogen) atoms. The van der Waals surface area contributed by atoms with E-state index in [-0.39, 0.29) is 17.2 Å². The largest absolute Gasteiger partial charge is 0.497 e. The summed E-state index contributed by atoms with van der Waals surface area (Å²) >= 11 is 0. The van der Waals surface area contributed by atoms with Crippen LogP contribution in [0, 0.1) is 11.3 Å². The summed E-state index contributed by atoms with van der Waals surface area (Å²) in [5.74, 6) is 2.99. The number of hydrogen-bond donors (Lipinski definition) is 1. The maximum absolute atomic E-state index is 12.8. The third-order valence-corrected chi connectivity index (χ3v) is 7.13. The monoisotopic (exact) mass is 438 g/mol. The summed E-state index contributed by atoms with van der Waals surface area (Å²) in [4.78, 5) is 15.2. The Morgan fingerprint density at radius 1 is 1.00 bits per heavy atom. The molecule has 1 aliphatic heterocycles. The van der Waals surface area contributed by atoms with Crippen molar-refractivity contribution in [2.24, 2.45) is 11.3 Å². The molecule has 2 aromatic rings. The zero-order chi connectivity index (χ0) is 22.6. The molecule has 1 aliphatic carbocycles. The molecule has 1 atom stereocenters. The lowest BCUT2D eigenvalue weighted by molar-refractivity contribution is -0.123. The minimum atomic E-state index is 0.161. The van der Waals surface area contributed by atoms with Crippen molar-refractivity contribution < 1.29 is 19.0 Å². The average Bonchev–Trinajstić information content (AvgIpc) is 3.54. The van der Waals surface area contributed by atoms with E-state index in [0.29, 0.717) is 6.54 Å². The lowest BCUT2D eigenvalue weighted by Gasteiger charge is -2.33. The standard InChI is InChI=1S/C26H34N2O4/c1-30-21-8-9-24(32-3)20(16-21)18-28-14-11-26(12-15-28)17-22(26)25(29)27-13-10-19-6-4-5-7-23(19)31-2/h4-9,16,22H,10-15,17-18H2,1-3H3,(H,27,29). The van der Waals surface area contributed by atoms with Crippen LogP contribution in [0.15, 0.2) is 42.5 Å². The van der Waals surface area contributed by atoms with Crippen LogP contribution in [0.1, 0.15) is 30.4 Å². The van der Waals surface area contributed by atoms with E-state index in [4.69, 9.17) is 14.2 Å². The Balaban J connectivity index is 1.25. The van der Waals surface area contributed by atoms with E-state index in [9.17, 15) is 4.79 Å². The van der Waals surface area contributed by atoms with Crippen molar-refractivity contribution in [3.63, 3.8) is 0 Å². The van der Waals surface area contributed by atoms with E-state index in [1.807, 2.05) is 30.3 Å². The summed E-state index contributed by atoms with van der Waals surface area (Å²) in [6, 6.07) is 13.9. The maximum atomic E-state index is 12.8. The van der Waals surface area contributed by atoms with Gasteiger partial charge in [0.05, 0.1) is 21.3 Å². The number of amides is 1. The second kappa shape index (κ2) is 9.82. The highest BCUT2D eigenvalue weighted by atomic mass is 16.5. The Labute approximate surface area is 190 Å². The molecule has 1 heterocycles. The molecule has 0 aromatic heterocycles. The molecule has 1 saturated heterocycles. The summed E-state index contributed by atoms with van der Waals surface area (Å²) in [5.41, 5.74) is 2.47. The van der Waals surface area contributed by atoms with E-state index in [1.165, 1.54) is 0 Å². The lowest BCUT2D eigenvalue weighted by Crippen LogP contribution is -2.37. The lowest BCUT2D eigenvalue weighted by atomic mass is 9.90. The fourth-order valence-corrected chi connectivity index (χ4v) is 5.03. The Hall–Kier alpha value is -2.73. The van der Waals surface area contributed by atoms with E-state index in [0.717, 1.165) is 73.7 Å². The SMILES string of the molecule is COc1ccc(OC)c(CN2CCC3(CC2)CC3C(=O)NCCc2ccccc2OC)c1. The molecule has 2 fully saturated rings. The van der Waals surface area contributed by atoms with E-state index in [2.05, 4.69) is 22.3 Å². The molecule has 6 heteroatoms. The van der Waals surface area contributed by atoms with Crippen LogP contribution >= 0.6 is 0 Å². The third-order valence-electron chi connectivity index (χ3n) is 7.13. The van der Waals surface area contributed by atoms with Gasteiger partial charge in [-0.1, -0.05) is 18.2 Å². The molecule has 6 nitrogen and oxygen atoms in total.